The Morgan fingerprint density at radius 3 is 2.55 bits per heavy atom. The normalized spacial score (nSPS) is 13.1. The van der Waals surface area contributed by atoms with Crippen LogP contribution in [-0.4, -0.2) is 34.0 Å². The summed E-state index contributed by atoms with van der Waals surface area (Å²) in [4.78, 5) is 28.6. The van der Waals surface area contributed by atoms with Crippen molar-refractivity contribution >= 4 is 11.8 Å². The van der Waals surface area contributed by atoms with E-state index in [1.165, 1.54) is 0 Å². The van der Waals surface area contributed by atoms with E-state index >= 15 is 0 Å². The third-order valence-electron chi connectivity index (χ3n) is 4.61. The summed E-state index contributed by atoms with van der Waals surface area (Å²) in [6, 6.07) is 5.55. The maximum atomic E-state index is 12.4. The Balaban J connectivity index is 1.83. The summed E-state index contributed by atoms with van der Waals surface area (Å²) in [5.74, 6) is -0.549. The molecule has 2 aromatic rings. The highest BCUT2D eigenvalue weighted by Gasteiger charge is 2.21. The molecule has 1 aromatic carbocycles. The van der Waals surface area contributed by atoms with Crippen LogP contribution in [0.3, 0.4) is 0 Å². The van der Waals surface area contributed by atoms with Gasteiger partial charge in [0.15, 0.2) is 0 Å². The first-order valence-electron chi connectivity index (χ1n) is 9.47. The number of aromatic nitrogens is 1. The van der Waals surface area contributed by atoms with E-state index in [4.69, 9.17) is 5.73 Å². The van der Waals surface area contributed by atoms with Crippen LogP contribution in [0, 0.1) is 13.8 Å². The molecule has 0 fully saturated rings. The van der Waals surface area contributed by atoms with Gasteiger partial charge in [-0.15, -0.1) is 0 Å². The van der Waals surface area contributed by atoms with Gasteiger partial charge in [0.25, 0.3) is 0 Å². The summed E-state index contributed by atoms with van der Waals surface area (Å²) >= 11 is 0. The molecule has 0 spiro atoms. The molecule has 29 heavy (non-hydrogen) atoms. The summed E-state index contributed by atoms with van der Waals surface area (Å²) in [7, 11) is 0. The number of carbonyl (C=O) groups excluding carboxylic acids is 2. The lowest BCUT2D eigenvalue weighted by Crippen LogP contribution is -2.50. The summed E-state index contributed by atoms with van der Waals surface area (Å²) in [6.07, 6.45) is 7.79. The Labute approximate surface area is 171 Å². The molecule has 2 atom stereocenters. The highest BCUT2D eigenvalue weighted by atomic mass is 16.3. The van der Waals surface area contributed by atoms with Crippen LogP contribution in [0.4, 0.5) is 0 Å². The maximum Gasteiger partial charge on any atom is 0.246 e. The van der Waals surface area contributed by atoms with Crippen molar-refractivity contribution in [2.24, 2.45) is 5.73 Å². The number of allylic oxidation sites excluding steroid dienone is 1. The van der Waals surface area contributed by atoms with Gasteiger partial charge in [-0.25, -0.2) is 0 Å². The summed E-state index contributed by atoms with van der Waals surface area (Å²) in [6.45, 7) is 5.33. The predicted octanol–water partition coefficient (Wildman–Crippen LogP) is 1.65. The number of nitrogens with two attached hydrogens (primary N) is 1. The first-order valence-corrected chi connectivity index (χ1v) is 9.47. The van der Waals surface area contributed by atoms with Crippen molar-refractivity contribution in [2.45, 2.75) is 45.7 Å². The third-order valence-corrected chi connectivity index (χ3v) is 4.61. The van der Waals surface area contributed by atoms with E-state index in [2.05, 4.69) is 15.6 Å². The lowest BCUT2D eigenvalue weighted by atomic mass is 9.96. The smallest absolute Gasteiger partial charge is 0.246 e. The zero-order valence-electron chi connectivity index (χ0n) is 17.0. The Hall–Kier alpha value is -3.19. The third kappa shape index (κ3) is 6.73. The number of aryl methyl sites for hydroxylation is 2. The Morgan fingerprint density at radius 1 is 1.24 bits per heavy atom. The van der Waals surface area contributed by atoms with Crippen molar-refractivity contribution in [2.75, 3.05) is 0 Å². The molecule has 7 nitrogen and oxygen atoms in total. The number of nitrogens with zero attached hydrogens (tertiary/aromatic N) is 1. The molecule has 0 aliphatic carbocycles. The number of benzene rings is 1. The fraction of sp³-hybridized carbons (Fsp3) is 0.318. The number of hydrogen-bond acceptors (Lipinski definition) is 5. The van der Waals surface area contributed by atoms with Crippen molar-refractivity contribution in [3.05, 3.63) is 71.2 Å². The molecule has 1 aromatic heterocycles. The second kappa shape index (κ2) is 10.4. The Morgan fingerprint density at radius 2 is 1.93 bits per heavy atom. The molecule has 0 unspecified atom stereocenters. The molecule has 0 saturated carbocycles. The molecule has 2 rings (SSSR count). The van der Waals surface area contributed by atoms with Gasteiger partial charge in [-0.05, 0) is 74.1 Å². The number of pyridine rings is 1. The molecule has 5 N–H and O–H groups in total. The lowest BCUT2D eigenvalue weighted by Gasteiger charge is -2.18. The zero-order chi connectivity index (χ0) is 21.4. The van der Waals surface area contributed by atoms with Crippen molar-refractivity contribution in [3.8, 4) is 5.75 Å². The van der Waals surface area contributed by atoms with Gasteiger partial charge >= 0.3 is 0 Å². The molecule has 0 aliphatic heterocycles. The fourth-order valence-electron chi connectivity index (χ4n) is 2.97. The average Bonchev–Trinajstić information content (AvgIpc) is 2.68. The second-order valence-corrected chi connectivity index (χ2v) is 7.08. The van der Waals surface area contributed by atoms with E-state index in [1.807, 2.05) is 32.1 Å². The number of aromatic hydroxyl groups is 1. The summed E-state index contributed by atoms with van der Waals surface area (Å²) in [5, 5.41) is 14.9. The maximum absolute atomic E-state index is 12.4. The quantitative estimate of drug-likeness (QED) is 0.541. The molecule has 7 heteroatoms. The average molecular weight is 396 g/mol. The van der Waals surface area contributed by atoms with E-state index in [-0.39, 0.29) is 11.7 Å². The van der Waals surface area contributed by atoms with Crippen LogP contribution in [0.1, 0.15) is 29.2 Å². The van der Waals surface area contributed by atoms with Gasteiger partial charge in [-0.3, -0.25) is 14.6 Å². The molecule has 0 aliphatic rings. The number of amides is 2. The highest BCUT2D eigenvalue weighted by molar-refractivity contribution is 5.89. The van der Waals surface area contributed by atoms with Crippen molar-refractivity contribution < 1.29 is 14.7 Å². The molecule has 2 amide bonds. The highest BCUT2D eigenvalue weighted by Crippen LogP contribution is 2.21. The van der Waals surface area contributed by atoms with Gasteiger partial charge < -0.3 is 21.5 Å². The minimum atomic E-state index is -0.798. The zero-order valence-corrected chi connectivity index (χ0v) is 17.0. The van der Waals surface area contributed by atoms with Crippen LogP contribution in [0.2, 0.25) is 0 Å². The van der Waals surface area contributed by atoms with Crippen molar-refractivity contribution in [1.29, 1.82) is 0 Å². The SMILES string of the molecule is Cc1cc(O)cc(C)c1C[C@H](N)C(=O)N[C@H](C)C(=O)NC=CCc1cccnc1. The molecule has 1 heterocycles. The molecular weight excluding hydrogens is 368 g/mol. The van der Waals surface area contributed by atoms with Crippen LogP contribution < -0.4 is 16.4 Å². The van der Waals surface area contributed by atoms with Crippen LogP contribution in [-0.2, 0) is 22.4 Å². The van der Waals surface area contributed by atoms with Crippen LogP contribution in [0.25, 0.3) is 0 Å². The number of rotatable bonds is 8. The topological polar surface area (TPSA) is 117 Å². The molecule has 154 valence electrons. The number of carbonyl (C=O) groups is 2. The van der Waals surface area contributed by atoms with E-state index in [0.717, 1.165) is 22.3 Å². The largest absolute Gasteiger partial charge is 0.508 e. The molecule has 0 saturated heterocycles. The summed E-state index contributed by atoms with van der Waals surface area (Å²) < 4.78 is 0. The monoisotopic (exact) mass is 396 g/mol. The minimum Gasteiger partial charge on any atom is -0.508 e. The van der Waals surface area contributed by atoms with Crippen LogP contribution in [0.15, 0.2) is 48.9 Å². The van der Waals surface area contributed by atoms with Gasteiger partial charge in [0.05, 0.1) is 6.04 Å². The van der Waals surface area contributed by atoms with Gasteiger partial charge in [-0.2, -0.15) is 0 Å². The van der Waals surface area contributed by atoms with E-state index < -0.39 is 18.0 Å². The number of hydrogen-bond donors (Lipinski definition) is 4. The van der Waals surface area contributed by atoms with Gasteiger partial charge in [0.1, 0.15) is 11.8 Å². The van der Waals surface area contributed by atoms with Crippen LogP contribution >= 0.6 is 0 Å². The fourth-order valence-corrected chi connectivity index (χ4v) is 2.97. The van der Waals surface area contributed by atoms with Gasteiger partial charge in [0, 0.05) is 18.6 Å². The number of phenols is 1. The van der Waals surface area contributed by atoms with E-state index in [9.17, 15) is 14.7 Å². The predicted molar refractivity (Wildman–Crippen MR) is 112 cm³/mol. The molecular formula is C22H28N4O3. The minimum absolute atomic E-state index is 0.184. The second-order valence-electron chi connectivity index (χ2n) is 7.08. The lowest BCUT2D eigenvalue weighted by molar-refractivity contribution is -0.128. The first kappa shape index (κ1) is 22.1. The number of nitrogens with one attached hydrogen (secondary N) is 2. The van der Waals surface area contributed by atoms with Gasteiger partial charge in [-0.1, -0.05) is 12.1 Å². The van der Waals surface area contributed by atoms with Gasteiger partial charge in [0.2, 0.25) is 11.8 Å². The molecule has 0 radical (unpaired) electrons. The van der Waals surface area contributed by atoms with Crippen LogP contribution in [0.5, 0.6) is 5.75 Å². The van der Waals surface area contributed by atoms with E-state index in [0.29, 0.717) is 12.8 Å². The Bertz CT molecular complexity index is 858. The summed E-state index contributed by atoms with van der Waals surface area (Å²) in [5.41, 5.74) is 9.72. The first-order chi connectivity index (χ1) is 13.8. The molecule has 0 bridgehead atoms. The standard InChI is InChI=1S/C22H28N4O3/c1-14-10-18(27)11-15(2)19(14)12-20(23)22(29)26-16(3)21(28)25-9-5-7-17-6-4-8-24-13-17/h4-6,8-11,13,16,20,27H,7,12,23H2,1-3H3,(H,25,28)(H,26,29)/t16-,20+/m1/s1. The number of phenolic OH excluding ortho intramolecular Hbond substituents is 1. The Kier molecular flexibility index (Phi) is 7.91. The van der Waals surface area contributed by atoms with Crippen molar-refractivity contribution in [1.82, 2.24) is 15.6 Å². The van der Waals surface area contributed by atoms with Crippen molar-refractivity contribution in [3.63, 3.8) is 0 Å². The van der Waals surface area contributed by atoms with E-state index in [1.54, 1.807) is 37.7 Å².